The Morgan fingerprint density at radius 2 is 1.88 bits per heavy atom. The van der Waals surface area contributed by atoms with Crippen LogP contribution in [0.2, 0.25) is 0 Å². The maximum Gasteiger partial charge on any atom is 0.307 e. The van der Waals surface area contributed by atoms with Gasteiger partial charge in [-0.2, -0.15) is 0 Å². The number of esters is 1. The van der Waals surface area contributed by atoms with Crippen molar-refractivity contribution in [3.8, 4) is 0 Å². The van der Waals surface area contributed by atoms with E-state index in [1.54, 1.807) is 0 Å². The summed E-state index contributed by atoms with van der Waals surface area (Å²) in [6.07, 6.45) is 0.0795. The van der Waals surface area contributed by atoms with Crippen molar-refractivity contribution in [1.82, 2.24) is 5.32 Å². The van der Waals surface area contributed by atoms with Crippen molar-refractivity contribution in [2.45, 2.75) is 19.4 Å². The van der Waals surface area contributed by atoms with Crippen molar-refractivity contribution >= 4 is 33.5 Å². The normalized spacial score (nSPS) is 11.5. The van der Waals surface area contributed by atoms with Gasteiger partial charge >= 0.3 is 5.97 Å². The molecule has 2 rings (SSSR count). The molecule has 0 fully saturated rings. The number of hydrogen-bond donors (Lipinski definition) is 1. The van der Waals surface area contributed by atoms with E-state index in [4.69, 9.17) is 4.74 Å². The topological polar surface area (TPSA) is 58.6 Å². The molecule has 0 heterocycles. The third-order valence-electron chi connectivity index (χ3n) is 4.02. The first-order chi connectivity index (χ1) is 12.5. The van der Waals surface area contributed by atoms with Crippen molar-refractivity contribution in [3.63, 3.8) is 0 Å². The Labute approximate surface area is 162 Å². The van der Waals surface area contributed by atoms with Crippen LogP contribution in [0.3, 0.4) is 0 Å². The Morgan fingerprint density at radius 3 is 2.50 bits per heavy atom. The predicted molar refractivity (Wildman–Crippen MR) is 106 cm³/mol. The standard InChI is InChI=1S/C20H23BrN2O3/c1-3-23(17-10-5-4-6-11-17)14-19(24)22-18(13-20(25)26-2)15-8-7-9-16(21)12-15/h4-12,18H,3,13-14H2,1-2H3,(H,22,24). The Morgan fingerprint density at radius 1 is 1.15 bits per heavy atom. The minimum absolute atomic E-state index is 0.0795. The Hall–Kier alpha value is -2.34. The molecular weight excluding hydrogens is 396 g/mol. The third kappa shape index (κ3) is 5.88. The van der Waals surface area contributed by atoms with Crippen LogP contribution in [0.15, 0.2) is 59.1 Å². The number of nitrogens with zero attached hydrogens (tertiary/aromatic N) is 1. The number of para-hydroxylation sites is 1. The number of likely N-dealkylation sites (N-methyl/N-ethyl adjacent to an activating group) is 1. The van der Waals surface area contributed by atoms with Crippen LogP contribution in [0, 0.1) is 0 Å². The number of halogens is 1. The molecule has 138 valence electrons. The number of carbonyl (C=O) groups is 2. The van der Waals surface area contributed by atoms with Crippen LogP contribution in [0.25, 0.3) is 0 Å². The molecule has 26 heavy (non-hydrogen) atoms. The van der Waals surface area contributed by atoms with Crippen molar-refractivity contribution in [2.75, 3.05) is 25.1 Å². The van der Waals surface area contributed by atoms with Crippen LogP contribution in [0.5, 0.6) is 0 Å². The first kappa shape index (κ1) is 20.0. The monoisotopic (exact) mass is 418 g/mol. The van der Waals surface area contributed by atoms with E-state index in [-0.39, 0.29) is 24.8 Å². The minimum Gasteiger partial charge on any atom is -0.469 e. The van der Waals surface area contributed by atoms with E-state index in [1.165, 1.54) is 7.11 Å². The number of methoxy groups -OCH3 is 1. The first-order valence-corrected chi connectivity index (χ1v) is 9.24. The number of carbonyl (C=O) groups excluding carboxylic acids is 2. The van der Waals surface area contributed by atoms with Gasteiger partial charge in [-0.3, -0.25) is 9.59 Å². The molecule has 0 bridgehead atoms. The zero-order valence-corrected chi connectivity index (χ0v) is 16.5. The van der Waals surface area contributed by atoms with Crippen LogP contribution in [-0.4, -0.2) is 32.1 Å². The van der Waals surface area contributed by atoms with Gasteiger partial charge in [0, 0.05) is 16.7 Å². The number of amides is 1. The zero-order valence-electron chi connectivity index (χ0n) is 14.9. The van der Waals surface area contributed by atoms with E-state index in [9.17, 15) is 9.59 Å². The van der Waals surface area contributed by atoms with Crippen LogP contribution in [0.1, 0.15) is 24.9 Å². The molecule has 0 spiro atoms. The smallest absolute Gasteiger partial charge is 0.307 e. The number of benzene rings is 2. The van der Waals surface area contributed by atoms with Gasteiger partial charge in [-0.25, -0.2) is 0 Å². The lowest BCUT2D eigenvalue weighted by Crippen LogP contribution is -2.39. The molecule has 6 heteroatoms. The number of hydrogen-bond acceptors (Lipinski definition) is 4. The second-order valence-corrected chi connectivity index (χ2v) is 6.72. The SMILES string of the molecule is CCN(CC(=O)NC(CC(=O)OC)c1cccc(Br)c1)c1ccccc1. The summed E-state index contributed by atoms with van der Waals surface area (Å²) in [5.74, 6) is -0.518. The molecule has 0 aromatic heterocycles. The number of ether oxygens (including phenoxy) is 1. The lowest BCUT2D eigenvalue weighted by Gasteiger charge is -2.25. The minimum atomic E-state index is -0.443. The maximum atomic E-state index is 12.6. The van der Waals surface area contributed by atoms with E-state index in [0.29, 0.717) is 6.54 Å². The number of anilines is 1. The number of nitrogens with one attached hydrogen (secondary N) is 1. The zero-order chi connectivity index (χ0) is 18.9. The van der Waals surface area contributed by atoms with Gasteiger partial charge in [0.25, 0.3) is 0 Å². The second-order valence-electron chi connectivity index (χ2n) is 5.81. The van der Waals surface area contributed by atoms with E-state index in [1.807, 2.05) is 66.4 Å². The third-order valence-corrected chi connectivity index (χ3v) is 4.52. The lowest BCUT2D eigenvalue weighted by molar-refractivity contribution is -0.141. The largest absolute Gasteiger partial charge is 0.469 e. The molecule has 0 radical (unpaired) electrons. The molecule has 2 aromatic carbocycles. The highest BCUT2D eigenvalue weighted by Gasteiger charge is 2.20. The van der Waals surface area contributed by atoms with Crippen LogP contribution in [-0.2, 0) is 14.3 Å². The van der Waals surface area contributed by atoms with Gasteiger partial charge in [-0.05, 0) is 36.8 Å². The highest BCUT2D eigenvalue weighted by molar-refractivity contribution is 9.10. The molecule has 0 aliphatic rings. The summed E-state index contributed by atoms with van der Waals surface area (Å²) in [6.45, 7) is 2.92. The molecule has 1 unspecified atom stereocenters. The molecule has 1 atom stereocenters. The van der Waals surface area contributed by atoms with Crippen LogP contribution >= 0.6 is 15.9 Å². The van der Waals surface area contributed by atoms with E-state index < -0.39 is 6.04 Å². The van der Waals surface area contributed by atoms with Crippen molar-refractivity contribution in [3.05, 3.63) is 64.6 Å². The first-order valence-electron chi connectivity index (χ1n) is 8.45. The summed E-state index contributed by atoms with van der Waals surface area (Å²) < 4.78 is 5.66. The highest BCUT2D eigenvalue weighted by Crippen LogP contribution is 2.21. The van der Waals surface area contributed by atoms with E-state index >= 15 is 0 Å². The summed E-state index contributed by atoms with van der Waals surface area (Å²) in [4.78, 5) is 26.4. The quantitative estimate of drug-likeness (QED) is 0.663. The summed E-state index contributed by atoms with van der Waals surface area (Å²) >= 11 is 3.42. The molecule has 0 aliphatic carbocycles. The van der Waals surface area contributed by atoms with Crippen LogP contribution in [0.4, 0.5) is 5.69 Å². The average molecular weight is 419 g/mol. The van der Waals surface area contributed by atoms with Gasteiger partial charge in [0.1, 0.15) is 0 Å². The van der Waals surface area contributed by atoms with E-state index in [2.05, 4.69) is 21.2 Å². The highest BCUT2D eigenvalue weighted by atomic mass is 79.9. The Bertz CT molecular complexity index is 737. The molecule has 0 saturated heterocycles. The lowest BCUT2D eigenvalue weighted by atomic mass is 10.0. The van der Waals surface area contributed by atoms with Gasteiger partial charge in [0.05, 0.1) is 26.1 Å². The van der Waals surface area contributed by atoms with Crippen molar-refractivity contribution in [1.29, 1.82) is 0 Å². The Kier molecular flexibility index (Phi) is 7.66. The summed E-state index contributed by atoms with van der Waals surface area (Å²) in [6, 6.07) is 16.9. The molecule has 5 nitrogen and oxygen atoms in total. The Balaban J connectivity index is 2.11. The van der Waals surface area contributed by atoms with Gasteiger partial charge < -0.3 is 15.0 Å². The molecule has 1 N–H and O–H groups in total. The van der Waals surface area contributed by atoms with Gasteiger partial charge in [-0.1, -0.05) is 46.3 Å². The second kappa shape index (κ2) is 9.97. The fourth-order valence-corrected chi connectivity index (χ4v) is 3.08. The summed E-state index contributed by atoms with van der Waals surface area (Å²) in [5, 5.41) is 2.96. The van der Waals surface area contributed by atoms with Gasteiger partial charge in [0.2, 0.25) is 5.91 Å². The van der Waals surface area contributed by atoms with Gasteiger partial charge in [0.15, 0.2) is 0 Å². The van der Waals surface area contributed by atoms with Crippen molar-refractivity contribution in [2.24, 2.45) is 0 Å². The molecule has 2 aromatic rings. The fourth-order valence-electron chi connectivity index (χ4n) is 2.66. The summed E-state index contributed by atoms with van der Waals surface area (Å²) in [7, 11) is 1.34. The average Bonchev–Trinajstić information content (AvgIpc) is 2.66. The fraction of sp³-hybridized carbons (Fsp3) is 0.300. The summed E-state index contributed by atoms with van der Waals surface area (Å²) in [5.41, 5.74) is 1.83. The number of rotatable bonds is 8. The maximum absolute atomic E-state index is 12.6. The molecular formula is C20H23BrN2O3. The predicted octanol–water partition coefficient (Wildman–Crippen LogP) is 3.70. The molecule has 0 saturated carbocycles. The van der Waals surface area contributed by atoms with E-state index in [0.717, 1.165) is 15.7 Å². The molecule has 1 amide bonds. The molecule has 0 aliphatic heterocycles. The van der Waals surface area contributed by atoms with Gasteiger partial charge in [-0.15, -0.1) is 0 Å². The van der Waals surface area contributed by atoms with Crippen molar-refractivity contribution < 1.29 is 14.3 Å². The van der Waals surface area contributed by atoms with Crippen LogP contribution < -0.4 is 10.2 Å².